The number of nitrogens with zero attached hydrogens (tertiary/aromatic N) is 5. The first kappa shape index (κ1) is 19.9. The van der Waals surface area contributed by atoms with Crippen LogP contribution in [0.1, 0.15) is 0 Å². The number of hydrogen-bond acceptors (Lipinski definition) is 8. The summed E-state index contributed by atoms with van der Waals surface area (Å²) in [6, 6.07) is 10.5. The zero-order valence-corrected chi connectivity index (χ0v) is 17.2. The molecule has 0 radical (unpaired) electrons. The number of likely N-dealkylation sites (N-methyl/N-ethyl adjacent to an activating group) is 1. The fraction of sp³-hybridized carbons (Fsp3) is 0.524. The molecule has 2 fully saturated rings. The van der Waals surface area contributed by atoms with Gasteiger partial charge in [0.1, 0.15) is 5.82 Å². The van der Waals surface area contributed by atoms with Crippen molar-refractivity contribution in [2.75, 3.05) is 88.2 Å². The maximum Gasteiger partial charge on any atom is 0.224 e. The summed E-state index contributed by atoms with van der Waals surface area (Å²) in [5, 5.41) is 6.69. The van der Waals surface area contributed by atoms with Gasteiger partial charge in [0.2, 0.25) is 5.95 Å². The van der Waals surface area contributed by atoms with Crippen molar-refractivity contribution in [2.24, 2.45) is 0 Å². The van der Waals surface area contributed by atoms with E-state index in [0.29, 0.717) is 5.95 Å². The number of ether oxygens (including phenoxy) is 1. The predicted octanol–water partition coefficient (Wildman–Crippen LogP) is 1.72. The second-order valence-electron chi connectivity index (χ2n) is 7.61. The quantitative estimate of drug-likeness (QED) is 0.732. The molecular formula is C21H31N7O. The van der Waals surface area contributed by atoms with Crippen LogP contribution in [0.15, 0.2) is 36.5 Å². The summed E-state index contributed by atoms with van der Waals surface area (Å²) in [4.78, 5) is 16.1. The van der Waals surface area contributed by atoms with E-state index in [-0.39, 0.29) is 0 Å². The van der Waals surface area contributed by atoms with E-state index in [1.54, 1.807) is 6.20 Å². The number of anilines is 4. The molecule has 0 unspecified atom stereocenters. The molecular weight excluding hydrogens is 366 g/mol. The minimum Gasteiger partial charge on any atom is -0.379 e. The van der Waals surface area contributed by atoms with Crippen molar-refractivity contribution in [1.82, 2.24) is 19.8 Å². The Morgan fingerprint density at radius 1 is 0.966 bits per heavy atom. The van der Waals surface area contributed by atoms with Crippen LogP contribution in [0.5, 0.6) is 0 Å². The van der Waals surface area contributed by atoms with Gasteiger partial charge in [0.05, 0.1) is 13.2 Å². The summed E-state index contributed by atoms with van der Waals surface area (Å²) in [5.41, 5.74) is 2.30. The van der Waals surface area contributed by atoms with Gasteiger partial charge in [-0.25, -0.2) is 4.98 Å². The van der Waals surface area contributed by atoms with Gasteiger partial charge in [0, 0.05) is 69.9 Å². The highest BCUT2D eigenvalue weighted by Gasteiger charge is 2.14. The molecule has 29 heavy (non-hydrogen) atoms. The summed E-state index contributed by atoms with van der Waals surface area (Å²) >= 11 is 0. The first-order chi connectivity index (χ1) is 14.3. The number of piperazine rings is 1. The van der Waals surface area contributed by atoms with Gasteiger partial charge in [-0.2, -0.15) is 4.98 Å². The Bertz CT molecular complexity index is 756. The van der Waals surface area contributed by atoms with E-state index in [1.807, 2.05) is 6.07 Å². The minimum absolute atomic E-state index is 0.650. The van der Waals surface area contributed by atoms with Crippen LogP contribution >= 0.6 is 0 Å². The van der Waals surface area contributed by atoms with Gasteiger partial charge in [-0.1, -0.05) is 0 Å². The van der Waals surface area contributed by atoms with Crippen molar-refractivity contribution in [3.8, 4) is 0 Å². The lowest BCUT2D eigenvalue weighted by Crippen LogP contribution is -2.44. The van der Waals surface area contributed by atoms with Crippen LogP contribution in [-0.2, 0) is 4.74 Å². The lowest BCUT2D eigenvalue weighted by Gasteiger charge is -2.34. The smallest absolute Gasteiger partial charge is 0.224 e. The summed E-state index contributed by atoms with van der Waals surface area (Å²) in [5.74, 6) is 1.44. The van der Waals surface area contributed by atoms with Gasteiger partial charge in [-0.05, 0) is 37.4 Å². The molecule has 3 heterocycles. The number of rotatable bonds is 7. The molecule has 8 heteroatoms. The third-order valence-electron chi connectivity index (χ3n) is 5.48. The fourth-order valence-electron chi connectivity index (χ4n) is 3.63. The topological polar surface area (TPSA) is 68.8 Å². The second kappa shape index (κ2) is 9.87. The molecule has 0 spiro atoms. The first-order valence-electron chi connectivity index (χ1n) is 10.4. The monoisotopic (exact) mass is 397 g/mol. The lowest BCUT2D eigenvalue weighted by molar-refractivity contribution is 0.0398. The summed E-state index contributed by atoms with van der Waals surface area (Å²) in [6.07, 6.45) is 1.78. The summed E-state index contributed by atoms with van der Waals surface area (Å²) in [6.45, 7) is 9.81. The van der Waals surface area contributed by atoms with E-state index in [2.05, 4.69) is 66.6 Å². The third kappa shape index (κ3) is 5.79. The number of aromatic nitrogens is 2. The van der Waals surface area contributed by atoms with Gasteiger partial charge in [0.15, 0.2) is 0 Å². The fourth-order valence-corrected chi connectivity index (χ4v) is 3.63. The van der Waals surface area contributed by atoms with Gasteiger partial charge < -0.3 is 25.2 Å². The lowest BCUT2D eigenvalue weighted by atomic mass is 10.2. The SMILES string of the molecule is CN1CCN(c2ccc(Nc3ccnc(NCCN4CCOCC4)n3)cc2)CC1. The van der Waals surface area contributed by atoms with Gasteiger partial charge in [-0.3, -0.25) is 4.90 Å². The van der Waals surface area contributed by atoms with Crippen LogP contribution in [0.3, 0.4) is 0 Å². The third-order valence-corrected chi connectivity index (χ3v) is 5.48. The number of benzene rings is 1. The zero-order chi connectivity index (χ0) is 19.9. The maximum atomic E-state index is 5.38. The Morgan fingerprint density at radius 3 is 2.48 bits per heavy atom. The minimum atomic E-state index is 0.650. The van der Waals surface area contributed by atoms with Crippen LogP contribution in [0.2, 0.25) is 0 Å². The number of hydrogen-bond donors (Lipinski definition) is 2. The Kier molecular flexibility index (Phi) is 6.76. The largest absolute Gasteiger partial charge is 0.379 e. The molecule has 0 saturated carbocycles. The predicted molar refractivity (Wildman–Crippen MR) is 117 cm³/mol. The van der Waals surface area contributed by atoms with Crippen molar-refractivity contribution in [1.29, 1.82) is 0 Å². The van der Waals surface area contributed by atoms with Gasteiger partial charge >= 0.3 is 0 Å². The van der Waals surface area contributed by atoms with E-state index in [4.69, 9.17) is 4.74 Å². The molecule has 1 aromatic heterocycles. The normalized spacial score (nSPS) is 18.6. The zero-order valence-electron chi connectivity index (χ0n) is 17.2. The molecule has 0 atom stereocenters. The molecule has 0 amide bonds. The summed E-state index contributed by atoms with van der Waals surface area (Å²) < 4.78 is 5.38. The van der Waals surface area contributed by atoms with Crippen molar-refractivity contribution in [2.45, 2.75) is 0 Å². The average molecular weight is 398 g/mol. The Morgan fingerprint density at radius 2 is 1.72 bits per heavy atom. The van der Waals surface area contributed by atoms with E-state index >= 15 is 0 Å². The molecule has 1 aromatic carbocycles. The molecule has 2 saturated heterocycles. The van der Waals surface area contributed by atoms with E-state index < -0.39 is 0 Å². The molecule has 4 rings (SSSR count). The van der Waals surface area contributed by atoms with Gasteiger partial charge in [-0.15, -0.1) is 0 Å². The van der Waals surface area contributed by atoms with Crippen LogP contribution < -0.4 is 15.5 Å². The van der Waals surface area contributed by atoms with E-state index in [0.717, 1.165) is 77.1 Å². The Labute approximate surface area is 172 Å². The molecule has 2 N–H and O–H groups in total. The number of morpholine rings is 1. The van der Waals surface area contributed by atoms with Crippen molar-refractivity contribution in [3.63, 3.8) is 0 Å². The maximum absolute atomic E-state index is 5.38. The molecule has 2 aliphatic heterocycles. The second-order valence-corrected chi connectivity index (χ2v) is 7.61. The van der Waals surface area contributed by atoms with Gasteiger partial charge in [0.25, 0.3) is 0 Å². The van der Waals surface area contributed by atoms with Crippen LogP contribution in [-0.4, -0.2) is 92.4 Å². The number of nitrogens with one attached hydrogen (secondary N) is 2. The average Bonchev–Trinajstić information content (AvgIpc) is 2.76. The standard InChI is InChI=1S/C21H31N7O/c1-26-10-12-28(13-11-26)19-4-2-18(3-5-19)24-20-6-7-22-21(25-20)23-8-9-27-14-16-29-17-15-27/h2-7H,8-17H2,1H3,(H2,22,23,24,25). The molecule has 156 valence electrons. The summed E-state index contributed by atoms with van der Waals surface area (Å²) in [7, 11) is 2.18. The van der Waals surface area contributed by atoms with Crippen molar-refractivity contribution >= 4 is 23.1 Å². The first-order valence-corrected chi connectivity index (χ1v) is 10.4. The Balaban J connectivity index is 1.28. The highest BCUT2D eigenvalue weighted by atomic mass is 16.5. The molecule has 2 aliphatic rings. The Hall–Kier alpha value is -2.42. The highest BCUT2D eigenvalue weighted by molar-refractivity contribution is 5.61. The molecule has 8 nitrogen and oxygen atoms in total. The van der Waals surface area contributed by atoms with Crippen LogP contribution in [0, 0.1) is 0 Å². The molecule has 2 aromatic rings. The van der Waals surface area contributed by atoms with E-state index in [1.165, 1.54) is 5.69 Å². The van der Waals surface area contributed by atoms with Crippen molar-refractivity contribution in [3.05, 3.63) is 36.5 Å². The van der Waals surface area contributed by atoms with E-state index in [9.17, 15) is 0 Å². The van der Waals surface area contributed by atoms with Crippen LogP contribution in [0.4, 0.5) is 23.1 Å². The molecule has 0 bridgehead atoms. The van der Waals surface area contributed by atoms with Crippen LogP contribution in [0.25, 0.3) is 0 Å². The highest BCUT2D eigenvalue weighted by Crippen LogP contribution is 2.21. The molecule has 0 aliphatic carbocycles. The van der Waals surface area contributed by atoms with Crippen molar-refractivity contribution < 1.29 is 4.74 Å².